The van der Waals surface area contributed by atoms with Gasteiger partial charge in [-0.1, -0.05) is 12.1 Å². The van der Waals surface area contributed by atoms with Crippen LogP contribution in [0.3, 0.4) is 0 Å². The number of hydrogen-bond acceptors (Lipinski definition) is 7. The molecule has 9 nitrogen and oxygen atoms in total. The Kier molecular flexibility index (Phi) is 5.92. The van der Waals surface area contributed by atoms with Gasteiger partial charge in [0.15, 0.2) is 0 Å². The molecule has 3 aromatic carbocycles. The maximum atomic E-state index is 13.0. The standard InChI is InChI=1S/C25H18N2O7/c1-2-34-25(33)15-5-10-18(11-6-15)27-22(29)19-12-7-16(13-20(19)23(27)30)21(28)26-17-8-3-14(4-9-17)24(31)32/h3-13H,2H2,1H3,(H,26,28)(H,31,32)/p-1. The van der Waals surface area contributed by atoms with Crippen LogP contribution in [0.5, 0.6) is 0 Å². The minimum Gasteiger partial charge on any atom is -0.545 e. The second kappa shape index (κ2) is 8.99. The molecular formula is C25H17N2O7-. The highest BCUT2D eigenvalue weighted by molar-refractivity contribution is 6.34. The SMILES string of the molecule is CCOC(=O)c1ccc(N2C(=O)c3ccc(C(=O)Nc4ccc(C(=O)[O-])cc4)cc3C2=O)cc1. The van der Waals surface area contributed by atoms with Crippen LogP contribution in [0.4, 0.5) is 11.4 Å². The number of rotatable bonds is 6. The second-order valence-corrected chi connectivity index (χ2v) is 7.29. The van der Waals surface area contributed by atoms with Crippen molar-refractivity contribution in [3.63, 3.8) is 0 Å². The average molecular weight is 457 g/mol. The molecule has 1 heterocycles. The van der Waals surface area contributed by atoms with Crippen molar-refractivity contribution in [1.82, 2.24) is 0 Å². The van der Waals surface area contributed by atoms with E-state index in [-0.39, 0.29) is 40.1 Å². The molecule has 0 spiro atoms. The largest absolute Gasteiger partial charge is 0.545 e. The van der Waals surface area contributed by atoms with E-state index in [0.717, 1.165) is 4.90 Å². The van der Waals surface area contributed by atoms with E-state index < -0.39 is 29.7 Å². The number of aromatic carboxylic acids is 1. The van der Waals surface area contributed by atoms with E-state index in [1.54, 1.807) is 6.92 Å². The summed E-state index contributed by atoms with van der Waals surface area (Å²) in [6, 6.07) is 15.4. The first kappa shape index (κ1) is 22.4. The van der Waals surface area contributed by atoms with Crippen molar-refractivity contribution in [2.24, 2.45) is 0 Å². The van der Waals surface area contributed by atoms with Crippen LogP contribution in [-0.2, 0) is 4.74 Å². The van der Waals surface area contributed by atoms with E-state index in [4.69, 9.17) is 4.74 Å². The molecule has 1 N–H and O–H groups in total. The molecule has 0 fully saturated rings. The van der Waals surface area contributed by atoms with Gasteiger partial charge in [0, 0.05) is 11.3 Å². The summed E-state index contributed by atoms with van der Waals surface area (Å²) in [4.78, 5) is 62.1. The average Bonchev–Trinajstić information content (AvgIpc) is 3.09. The van der Waals surface area contributed by atoms with Crippen LogP contribution >= 0.6 is 0 Å². The third kappa shape index (κ3) is 4.14. The van der Waals surface area contributed by atoms with Gasteiger partial charge in [0.05, 0.1) is 35.0 Å². The molecule has 0 saturated heterocycles. The summed E-state index contributed by atoms with van der Waals surface area (Å²) in [5, 5.41) is 13.4. The van der Waals surface area contributed by atoms with E-state index in [1.807, 2.05) is 0 Å². The Morgan fingerprint density at radius 3 is 2.03 bits per heavy atom. The van der Waals surface area contributed by atoms with Crippen LogP contribution in [0.25, 0.3) is 0 Å². The number of carbonyl (C=O) groups is 5. The molecule has 1 aliphatic rings. The van der Waals surface area contributed by atoms with Crippen molar-refractivity contribution < 1.29 is 33.8 Å². The van der Waals surface area contributed by atoms with E-state index >= 15 is 0 Å². The number of imide groups is 1. The first-order valence-corrected chi connectivity index (χ1v) is 10.2. The van der Waals surface area contributed by atoms with Gasteiger partial charge in [-0.05, 0) is 67.1 Å². The molecule has 34 heavy (non-hydrogen) atoms. The van der Waals surface area contributed by atoms with Gasteiger partial charge in [0.2, 0.25) is 0 Å². The fraction of sp³-hybridized carbons (Fsp3) is 0.0800. The van der Waals surface area contributed by atoms with E-state index in [0.29, 0.717) is 5.69 Å². The molecule has 1 aliphatic heterocycles. The van der Waals surface area contributed by atoms with Crippen LogP contribution in [0.2, 0.25) is 0 Å². The van der Waals surface area contributed by atoms with Crippen molar-refractivity contribution in [3.8, 4) is 0 Å². The monoisotopic (exact) mass is 457 g/mol. The molecule has 0 bridgehead atoms. The quantitative estimate of drug-likeness (QED) is 0.443. The summed E-state index contributed by atoms with van der Waals surface area (Å²) >= 11 is 0. The highest BCUT2D eigenvalue weighted by atomic mass is 16.5. The topological polar surface area (TPSA) is 133 Å². The number of ether oxygens (including phenoxy) is 1. The van der Waals surface area contributed by atoms with Gasteiger partial charge in [0.25, 0.3) is 17.7 Å². The summed E-state index contributed by atoms with van der Waals surface area (Å²) < 4.78 is 4.93. The molecule has 0 unspecified atom stereocenters. The number of nitrogens with one attached hydrogen (secondary N) is 1. The van der Waals surface area contributed by atoms with Gasteiger partial charge in [-0.25, -0.2) is 9.69 Å². The van der Waals surface area contributed by atoms with Crippen molar-refractivity contribution in [2.45, 2.75) is 6.92 Å². The fourth-order valence-corrected chi connectivity index (χ4v) is 3.47. The zero-order valence-electron chi connectivity index (χ0n) is 17.9. The lowest BCUT2D eigenvalue weighted by molar-refractivity contribution is -0.255. The Morgan fingerprint density at radius 2 is 1.41 bits per heavy atom. The van der Waals surface area contributed by atoms with Gasteiger partial charge in [-0.2, -0.15) is 0 Å². The molecule has 9 heteroatoms. The third-order valence-corrected chi connectivity index (χ3v) is 5.16. The molecule has 170 valence electrons. The van der Waals surface area contributed by atoms with Gasteiger partial charge in [0.1, 0.15) is 0 Å². The second-order valence-electron chi connectivity index (χ2n) is 7.29. The predicted molar refractivity (Wildman–Crippen MR) is 119 cm³/mol. The number of carboxylic acid groups (broad SMARTS) is 1. The van der Waals surface area contributed by atoms with E-state index in [2.05, 4.69) is 5.32 Å². The zero-order chi connectivity index (χ0) is 24.4. The molecule has 0 aromatic heterocycles. The van der Waals surface area contributed by atoms with E-state index in [9.17, 15) is 29.1 Å². The highest BCUT2D eigenvalue weighted by Gasteiger charge is 2.37. The number of hydrogen-bond donors (Lipinski definition) is 1. The van der Waals surface area contributed by atoms with Crippen LogP contribution in [0.15, 0.2) is 66.7 Å². The van der Waals surface area contributed by atoms with Crippen LogP contribution in [0.1, 0.15) is 58.7 Å². The lowest BCUT2D eigenvalue weighted by Gasteiger charge is -2.14. The Hall–Kier alpha value is -4.79. The molecule has 4 rings (SSSR count). The van der Waals surface area contributed by atoms with Crippen molar-refractivity contribution >= 4 is 41.0 Å². The first-order valence-electron chi connectivity index (χ1n) is 10.2. The summed E-state index contributed by atoms with van der Waals surface area (Å²) in [5.74, 6) is -3.53. The lowest BCUT2D eigenvalue weighted by Crippen LogP contribution is -2.29. The number of anilines is 2. The highest BCUT2D eigenvalue weighted by Crippen LogP contribution is 2.29. The Labute approximate surface area is 193 Å². The van der Waals surface area contributed by atoms with Crippen LogP contribution in [0, 0.1) is 0 Å². The lowest BCUT2D eigenvalue weighted by atomic mass is 10.1. The van der Waals surface area contributed by atoms with Crippen molar-refractivity contribution in [2.75, 3.05) is 16.8 Å². The van der Waals surface area contributed by atoms with Crippen LogP contribution < -0.4 is 15.3 Å². The van der Waals surface area contributed by atoms with Crippen molar-refractivity contribution in [3.05, 3.63) is 94.5 Å². The van der Waals surface area contributed by atoms with Gasteiger partial charge in [-0.15, -0.1) is 0 Å². The summed E-state index contributed by atoms with van der Waals surface area (Å²) in [6.07, 6.45) is 0. The van der Waals surface area contributed by atoms with Gasteiger partial charge >= 0.3 is 5.97 Å². The molecular weight excluding hydrogens is 440 g/mol. The molecule has 0 aliphatic carbocycles. The molecule has 0 radical (unpaired) electrons. The van der Waals surface area contributed by atoms with Gasteiger partial charge in [-0.3, -0.25) is 14.4 Å². The number of nitrogens with zero attached hydrogens (tertiary/aromatic N) is 1. The Bertz CT molecular complexity index is 1330. The number of benzene rings is 3. The number of amides is 3. The molecule has 3 amide bonds. The number of esters is 1. The Balaban J connectivity index is 1.54. The maximum absolute atomic E-state index is 13.0. The first-order chi connectivity index (χ1) is 16.3. The summed E-state index contributed by atoms with van der Waals surface area (Å²) in [7, 11) is 0. The predicted octanol–water partition coefficient (Wildman–Crippen LogP) is 2.28. The third-order valence-electron chi connectivity index (χ3n) is 5.16. The minimum absolute atomic E-state index is 0.0324. The summed E-state index contributed by atoms with van der Waals surface area (Å²) in [6.45, 7) is 1.91. The van der Waals surface area contributed by atoms with Crippen LogP contribution in [-0.4, -0.2) is 36.3 Å². The molecule has 0 saturated carbocycles. The molecule has 3 aromatic rings. The zero-order valence-corrected chi connectivity index (χ0v) is 17.9. The number of carbonyl (C=O) groups excluding carboxylic acids is 5. The Morgan fingerprint density at radius 1 is 0.824 bits per heavy atom. The fourth-order valence-electron chi connectivity index (χ4n) is 3.47. The normalized spacial score (nSPS) is 12.3. The smallest absolute Gasteiger partial charge is 0.338 e. The molecule has 0 atom stereocenters. The van der Waals surface area contributed by atoms with Gasteiger partial charge < -0.3 is 20.0 Å². The minimum atomic E-state index is -1.33. The number of fused-ring (bicyclic) bond motifs is 1. The maximum Gasteiger partial charge on any atom is 0.338 e. The summed E-state index contributed by atoms with van der Waals surface area (Å²) in [5.41, 5.74) is 1.24. The van der Waals surface area contributed by atoms with E-state index in [1.165, 1.54) is 66.7 Å². The number of carboxylic acids is 1. The van der Waals surface area contributed by atoms with Crippen molar-refractivity contribution in [1.29, 1.82) is 0 Å².